The molecule has 0 aromatic rings. The Morgan fingerprint density at radius 1 is 0.643 bits per heavy atom. The predicted octanol–water partition coefficient (Wildman–Crippen LogP) is 2.46. The SMILES string of the molecule is C1C2CC3C4CC5CC(C14)C(C2)C3O5. The highest BCUT2D eigenvalue weighted by Crippen LogP contribution is 2.67. The standard InChI is InChI=1S/C13H18O/c1-6-2-11-9-4-7-5-10(8(1)9)12(3-6)13(11)14-7/h6-13H,1-5H2. The van der Waals surface area contributed by atoms with Crippen molar-refractivity contribution in [1.29, 1.82) is 0 Å². The summed E-state index contributed by atoms with van der Waals surface area (Å²) in [5.41, 5.74) is 0. The lowest BCUT2D eigenvalue weighted by Crippen LogP contribution is -2.66. The van der Waals surface area contributed by atoms with Gasteiger partial charge in [-0.2, -0.15) is 0 Å². The summed E-state index contributed by atoms with van der Waals surface area (Å²) in [5.74, 6) is 6.47. The first-order valence-corrected chi connectivity index (χ1v) is 6.55. The summed E-state index contributed by atoms with van der Waals surface area (Å²) < 4.78 is 6.26. The molecule has 14 heavy (non-hydrogen) atoms. The van der Waals surface area contributed by atoms with E-state index in [0.29, 0.717) is 6.10 Å². The summed E-state index contributed by atoms with van der Waals surface area (Å²) in [4.78, 5) is 0. The lowest BCUT2D eigenvalue weighted by atomic mass is 9.42. The molecule has 0 radical (unpaired) electrons. The van der Waals surface area contributed by atoms with Crippen molar-refractivity contribution in [3.05, 3.63) is 0 Å². The summed E-state index contributed by atoms with van der Waals surface area (Å²) in [7, 11) is 0. The molecule has 7 aliphatic rings. The van der Waals surface area contributed by atoms with Crippen molar-refractivity contribution in [2.24, 2.45) is 35.5 Å². The molecule has 8 bridgehead atoms. The average Bonchev–Trinajstić information content (AvgIpc) is 2.24. The summed E-state index contributed by atoms with van der Waals surface area (Å²) in [6.45, 7) is 0. The number of hydrogen-bond acceptors (Lipinski definition) is 1. The fraction of sp³-hybridized carbons (Fsp3) is 1.00. The second kappa shape index (κ2) is 2.07. The van der Waals surface area contributed by atoms with Crippen LogP contribution in [0, 0.1) is 35.5 Å². The predicted molar refractivity (Wildman–Crippen MR) is 52.7 cm³/mol. The fourth-order valence-corrected chi connectivity index (χ4v) is 6.11. The Hall–Kier alpha value is -0.0400. The highest BCUT2D eigenvalue weighted by Gasteiger charge is 2.64. The van der Waals surface area contributed by atoms with E-state index in [1.807, 2.05) is 0 Å². The van der Waals surface area contributed by atoms with E-state index in [1.54, 1.807) is 6.42 Å². The molecule has 0 amide bonds. The Morgan fingerprint density at radius 2 is 1.21 bits per heavy atom. The second-order valence-electron chi connectivity index (χ2n) is 6.59. The fourth-order valence-electron chi connectivity index (χ4n) is 6.11. The van der Waals surface area contributed by atoms with Crippen molar-refractivity contribution in [2.75, 3.05) is 0 Å². The summed E-state index contributed by atoms with van der Waals surface area (Å²) in [6, 6.07) is 0. The van der Waals surface area contributed by atoms with Crippen LogP contribution in [0.1, 0.15) is 32.1 Å². The number of hydrogen-bond donors (Lipinski definition) is 0. The maximum atomic E-state index is 6.26. The van der Waals surface area contributed by atoms with Crippen molar-refractivity contribution < 1.29 is 4.74 Å². The first kappa shape index (κ1) is 7.27. The van der Waals surface area contributed by atoms with Gasteiger partial charge in [0.25, 0.3) is 0 Å². The van der Waals surface area contributed by atoms with Gasteiger partial charge in [0.05, 0.1) is 12.2 Å². The van der Waals surface area contributed by atoms with E-state index in [4.69, 9.17) is 4.74 Å². The zero-order valence-electron chi connectivity index (χ0n) is 8.56. The van der Waals surface area contributed by atoms with Crippen LogP contribution < -0.4 is 0 Å². The van der Waals surface area contributed by atoms with E-state index < -0.39 is 0 Å². The molecular weight excluding hydrogens is 172 g/mol. The summed E-state index contributed by atoms with van der Waals surface area (Å²) in [6.07, 6.45) is 8.94. The molecule has 7 rings (SSSR count). The summed E-state index contributed by atoms with van der Waals surface area (Å²) >= 11 is 0. The Bertz CT molecular complexity index is 210. The van der Waals surface area contributed by atoms with Crippen molar-refractivity contribution in [1.82, 2.24) is 0 Å². The molecule has 2 aliphatic heterocycles. The minimum Gasteiger partial charge on any atom is -0.374 e. The molecule has 1 heteroatoms. The highest BCUT2D eigenvalue weighted by atomic mass is 16.5. The molecule has 1 nitrogen and oxygen atoms in total. The molecule has 5 aliphatic carbocycles. The molecule has 2 saturated heterocycles. The lowest BCUT2D eigenvalue weighted by molar-refractivity contribution is -0.287. The molecule has 0 spiro atoms. The van der Waals surface area contributed by atoms with Crippen LogP contribution in [-0.2, 0) is 4.74 Å². The molecule has 0 aromatic heterocycles. The second-order valence-corrected chi connectivity index (χ2v) is 6.59. The molecule has 4 atom stereocenters. The van der Waals surface area contributed by atoms with Crippen molar-refractivity contribution >= 4 is 0 Å². The van der Waals surface area contributed by atoms with Crippen LogP contribution in [0.15, 0.2) is 0 Å². The molecule has 7 fully saturated rings. The van der Waals surface area contributed by atoms with Crippen molar-refractivity contribution in [2.45, 2.75) is 44.3 Å². The maximum Gasteiger partial charge on any atom is 0.0640 e. The van der Waals surface area contributed by atoms with Gasteiger partial charge in [-0.1, -0.05) is 0 Å². The minimum atomic E-state index is 0.688. The van der Waals surface area contributed by atoms with Gasteiger partial charge < -0.3 is 4.74 Å². The number of rotatable bonds is 0. The average molecular weight is 190 g/mol. The van der Waals surface area contributed by atoms with E-state index in [0.717, 1.165) is 41.6 Å². The quantitative estimate of drug-likeness (QED) is 0.570. The Morgan fingerprint density at radius 3 is 1.93 bits per heavy atom. The van der Waals surface area contributed by atoms with Gasteiger partial charge >= 0.3 is 0 Å². The van der Waals surface area contributed by atoms with Crippen LogP contribution in [0.4, 0.5) is 0 Å². The van der Waals surface area contributed by atoms with Crippen LogP contribution in [-0.4, -0.2) is 12.2 Å². The third kappa shape index (κ3) is 0.625. The van der Waals surface area contributed by atoms with E-state index in [9.17, 15) is 0 Å². The van der Waals surface area contributed by atoms with Gasteiger partial charge in [-0.05, 0) is 67.6 Å². The van der Waals surface area contributed by atoms with Crippen LogP contribution in [0.2, 0.25) is 0 Å². The van der Waals surface area contributed by atoms with Crippen LogP contribution in [0.3, 0.4) is 0 Å². The van der Waals surface area contributed by atoms with Gasteiger partial charge in [-0.15, -0.1) is 0 Å². The van der Waals surface area contributed by atoms with Gasteiger partial charge in [-0.25, -0.2) is 0 Å². The molecule has 2 heterocycles. The molecular formula is C13H18O. The topological polar surface area (TPSA) is 9.23 Å². The Labute approximate surface area is 85.2 Å². The third-order valence-electron chi connectivity index (χ3n) is 6.28. The smallest absolute Gasteiger partial charge is 0.0640 e. The van der Waals surface area contributed by atoms with Crippen LogP contribution >= 0.6 is 0 Å². The normalized spacial score (nSPS) is 72.0. The van der Waals surface area contributed by atoms with Gasteiger partial charge in [0.2, 0.25) is 0 Å². The van der Waals surface area contributed by atoms with Gasteiger partial charge in [0.15, 0.2) is 0 Å². The third-order valence-corrected chi connectivity index (χ3v) is 6.28. The molecule has 0 N–H and O–H groups in total. The number of ether oxygens (including phenoxy) is 1. The van der Waals surface area contributed by atoms with Crippen LogP contribution in [0.25, 0.3) is 0 Å². The maximum absolute atomic E-state index is 6.26. The van der Waals surface area contributed by atoms with E-state index in [-0.39, 0.29) is 0 Å². The highest BCUT2D eigenvalue weighted by molar-refractivity contribution is 5.12. The van der Waals surface area contributed by atoms with Gasteiger partial charge in [0, 0.05) is 0 Å². The van der Waals surface area contributed by atoms with E-state index >= 15 is 0 Å². The van der Waals surface area contributed by atoms with Crippen LogP contribution in [0.5, 0.6) is 0 Å². The van der Waals surface area contributed by atoms with Gasteiger partial charge in [-0.3, -0.25) is 0 Å². The monoisotopic (exact) mass is 190 g/mol. The zero-order valence-corrected chi connectivity index (χ0v) is 8.56. The first-order chi connectivity index (χ1) is 6.90. The largest absolute Gasteiger partial charge is 0.374 e. The molecule has 5 saturated carbocycles. The summed E-state index contributed by atoms with van der Waals surface area (Å²) in [5, 5.41) is 0. The zero-order chi connectivity index (χ0) is 8.86. The minimum absolute atomic E-state index is 0.688. The molecule has 76 valence electrons. The lowest BCUT2D eigenvalue weighted by Gasteiger charge is -2.69. The van der Waals surface area contributed by atoms with Crippen molar-refractivity contribution in [3.63, 3.8) is 0 Å². The Kier molecular flexibility index (Phi) is 1.07. The molecule has 0 aromatic carbocycles. The van der Waals surface area contributed by atoms with Crippen molar-refractivity contribution in [3.8, 4) is 0 Å². The first-order valence-electron chi connectivity index (χ1n) is 6.55. The van der Waals surface area contributed by atoms with E-state index in [2.05, 4.69) is 0 Å². The molecule has 4 unspecified atom stereocenters. The Balaban J connectivity index is 1.70. The van der Waals surface area contributed by atoms with Gasteiger partial charge in [0.1, 0.15) is 0 Å². The van der Waals surface area contributed by atoms with E-state index in [1.165, 1.54) is 25.7 Å².